The number of aromatic nitrogens is 3. The van der Waals surface area contributed by atoms with E-state index in [-0.39, 0.29) is 18.1 Å². The summed E-state index contributed by atoms with van der Waals surface area (Å²) in [5.74, 6) is 0.879. The smallest absolute Gasteiger partial charge is 0.306 e. The molecule has 0 atom stereocenters. The van der Waals surface area contributed by atoms with Crippen LogP contribution in [-0.2, 0) is 16.6 Å². The van der Waals surface area contributed by atoms with Crippen molar-refractivity contribution in [1.29, 1.82) is 0 Å². The number of nitrogens with zero attached hydrogens (tertiary/aromatic N) is 3. The van der Waals surface area contributed by atoms with E-state index in [4.69, 9.17) is 14.5 Å². The van der Waals surface area contributed by atoms with E-state index in [0.717, 1.165) is 0 Å². The number of carbonyl (C=O) groups excluding carboxylic acids is 1. The van der Waals surface area contributed by atoms with E-state index in [1.165, 1.54) is 11.8 Å². The molecule has 0 aliphatic heterocycles. The van der Waals surface area contributed by atoms with Gasteiger partial charge >= 0.3 is 5.97 Å². The van der Waals surface area contributed by atoms with E-state index in [1.807, 2.05) is 27.8 Å². The molecule has 0 saturated heterocycles. The normalized spacial score (nSPS) is 11.7. The first-order valence-electron chi connectivity index (χ1n) is 10.4. The Hall–Kier alpha value is -2.81. The van der Waals surface area contributed by atoms with Crippen LogP contribution < -0.4 is 10.3 Å². The molecule has 2 aromatic heterocycles. The predicted octanol–water partition coefficient (Wildman–Crippen LogP) is 4.29. The number of benzene rings is 1. The van der Waals surface area contributed by atoms with Crippen LogP contribution in [0, 0.1) is 0 Å². The van der Waals surface area contributed by atoms with Gasteiger partial charge < -0.3 is 14.0 Å². The lowest BCUT2D eigenvalue weighted by molar-refractivity contribution is -0.154. The molecule has 172 valence electrons. The largest absolute Gasteiger partial charge is 0.491 e. The van der Waals surface area contributed by atoms with Gasteiger partial charge in [0, 0.05) is 25.4 Å². The number of ether oxygens (including phenoxy) is 2. The van der Waals surface area contributed by atoms with Crippen molar-refractivity contribution < 1.29 is 18.7 Å². The van der Waals surface area contributed by atoms with Crippen LogP contribution in [0.25, 0.3) is 16.7 Å². The Kier molecular flexibility index (Phi) is 7.60. The Bertz CT molecular complexity index is 1130. The number of aryl methyl sites for hydroxylation is 1. The fourth-order valence-corrected chi connectivity index (χ4v) is 4.06. The third kappa shape index (κ3) is 5.91. The second-order valence-corrected chi connectivity index (χ2v) is 9.33. The fourth-order valence-electron chi connectivity index (χ4n) is 3.12. The summed E-state index contributed by atoms with van der Waals surface area (Å²) in [5, 5.41) is 1.05. The molecule has 7 nitrogen and oxygen atoms in total. The average Bonchev–Trinajstić information content (AvgIpc) is 3.10. The lowest BCUT2D eigenvalue weighted by atomic mass is 10.2. The summed E-state index contributed by atoms with van der Waals surface area (Å²) in [7, 11) is 1.84. The number of rotatable bonds is 9. The lowest BCUT2D eigenvalue weighted by Gasteiger charge is -2.19. The van der Waals surface area contributed by atoms with Gasteiger partial charge in [0.15, 0.2) is 5.16 Å². The zero-order valence-corrected chi connectivity index (χ0v) is 19.6. The molecule has 0 fully saturated rings. The molecule has 0 amide bonds. The third-order valence-corrected chi connectivity index (χ3v) is 5.51. The van der Waals surface area contributed by atoms with Crippen molar-refractivity contribution in [3.63, 3.8) is 0 Å². The highest BCUT2D eigenvalue weighted by molar-refractivity contribution is 7.99. The summed E-state index contributed by atoms with van der Waals surface area (Å²) < 4.78 is 26.3. The van der Waals surface area contributed by atoms with E-state index in [1.54, 1.807) is 45.7 Å². The van der Waals surface area contributed by atoms with Crippen molar-refractivity contribution in [2.45, 2.75) is 44.4 Å². The molecule has 0 saturated carbocycles. The van der Waals surface area contributed by atoms with E-state index in [2.05, 4.69) is 0 Å². The number of hydrogen-bond acceptors (Lipinski definition) is 6. The minimum atomic E-state index is -0.570. The molecule has 3 rings (SSSR count). The lowest BCUT2D eigenvalue weighted by Crippen LogP contribution is -2.23. The second-order valence-electron chi connectivity index (χ2n) is 8.27. The van der Waals surface area contributed by atoms with Gasteiger partial charge in [0.05, 0.1) is 11.1 Å². The first kappa shape index (κ1) is 23.8. The standard InChI is InChI=1S/C23H28FN3O4S/c1-23(2,3)31-19(28)6-5-15-32-22-25-20-18(11-13-26(20)4)21(29)27(22)16-7-9-17(10-8-16)30-14-12-24/h7-11,13H,5-6,12,14-15H2,1-4H3. The monoisotopic (exact) mass is 461 g/mol. The van der Waals surface area contributed by atoms with Crippen molar-refractivity contribution >= 4 is 28.8 Å². The molecule has 0 bridgehead atoms. The van der Waals surface area contributed by atoms with Gasteiger partial charge in [-0.15, -0.1) is 0 Å². The Morgan fingerprint density at radius 1 is 1.19 bits per heavy atom. The van der Waals surface area contributed by atoms with Crippen LogP contribution in [-0.4, -0.2) is 44.7 Å². The van der Waals surface area contributed by atoms with Crippen molar-refractivity contribution in [2.75, 3.05) is 19.0 Å². The SMILES string of the molecule is Cn1ccc2c(=O)n(-c3ccc(OCCF)cc3)c(SCCCC(=O)OC(C)(C)C)nc21. The highest BCUT2D eigenvalue weighted by Crippen LogP contribution is 2.24. The molecule has 0 unspecified atom stereocenters. The molecule has 2 heterocycles. The first-order valence-corrected chi connectivity index (χ1v) is 11.4. The average molecular weight is 462 g/mol. The Balaban J connectivity index is 1.84. The van der Waals surface area contributed by atoms with Crippen LogP contribution in [0.4, 0.5) is 4.39 Å². The zero-order valence-electron chi connectivity index (χ0n) is 18.8. The van der Waals surface area contributed by atoms with Gasteiger partial charge in [0.2, 0.25) is 0 Å². The van der Waals surface area contributed by atoms with E-state index in [0.29, 0.717) is 46.2 Å². The van der Waals surface area contributed by atoms with Gasteiger partial charge in [0.1, 0.15) is 30.3 Å². The summed E-state index contributed by atoms with van der Waals surface area (Å²) in [4.78, 5) is 29.9. The number of alkyl halides is 1. The van der Waals surface area contributed by atoms with Gasteiger partial charge in [-0.25, -0.2) is 9.37 Å². The molecular formula is C23H28FN3O4S. The Labute approximate surface area is 190 Å². The maximum Gasteiger partial charge on any atom is 0.306 e. The van der Waals surface area contributed by atoms with Crippen molar-refractivity contribution in [3.8, 4) is 11.4 Å². The van der Waals surface area contributed by atoms with Crippen LogP contribution in [0.1, 0.15) is 33.6 Å². The van der Waals surface area contributed by atoms with Gasteiger partial charge in [-0.1, -0.05) is 11.8 Å². The highest BCUT2D eigenvalue weighted by atomic mass is 32.2. The van der Waals surface area contributed by atoms with E-state index >= 15 is 0 Å². The number of carbonyl (C=O) groups is 1. The maximum atomic E-state index is 13.3. The third-order valence-electron chi connectivity index (χ3n) is 4.48. The Morgan fingerprint density at radius 2 is 1.91 bits per heavy atom. The fraction of sp³-hybridized carbons (Fsp3) is 0.435. The zero-order chi connectivity index (χ0) is 23.3. The topological polar surface area (TPSA) is 75.3 Å². The number of hydrogen-bond donors (Lipinski definition) is 0. The van der Waals surface area contributed by atoms with Gasteiger partial charge in [-0.05, 0) is 57.5 Å². The van der Waals surface area contributed by atoms with Crippen LogP contribution in [0.5, 0.6) is 5.75 Å². The van der Waals surface area contributed by atoms with E-state index < -0.39 is 12.3 Å². The molecule has 32 heavy (non-hydrogen) atoms. The minimum absolute atomic E-state index is 0.0183. The van der Waals surface area contributed by atoms with Crippen molar-refractivity contribution in [1.82, 2.24) is 14.1 Å². The van der Waals surface area contributed by atoms with Gasteiger partial charge in [-0.2, -0.15) is 0 Å². The number of thioether (sulfide) groups is 1. The van der Waals surface area contributed by atoms with Gasteiger partial charge in [0.25, 0.3) is 5.56 Å². The van der Waals surface area contributed by atoms with Crippen LogP contribution >= 0.6 is 11.8 Å². The van der Waals surface area contributed by atoms with Crippen molar-refractivity contribution in [2.24, 2.45) is 7.05 Å². The summed E-state index contributed by atoms with van der Waals surface area (Å²) in [6.07, 6.45) is 2.69. The summed E-state index contributed by atoms with van der Waals surface area (Å²) in [6, 6.07) is 8.64. The first-order chi connectivity index (χ1) is 15.2. The number of esters is 1. The molecule has 0 spiro atoms. The highest BCUT2D eigenvalue weighted by Gasteiger charge is 2.18. The Morgan fingerprint density at radius 3 is 2.56 bits per heavy atom. The molecule has 0 aliphatic carbocycles. The molecule has 1 aromatic carbocycles. The number of fused-ring (bicyclic) bond motifs is 1. The molecular weight excluding hydrogens is 433 g/mol. The molecule has 9 heteroatoms. The van der Waals surface area contributed by atoms with Crippen LogP contribution in [0.2, 0.25) is 0 Å². The second kappa shape index (κ2) is 10.2. The van der Waals surface area contributed by atoms with Crippen LogP contribution in [0.3, 0.4) is 0 Å². The molecule has 0 N–H and O–H groups in total. The van der Waals surface area contributed by atoms with Crippen LogP contribution in [0.15, 0.2) is 46.5 Å². The molecule has 3 aromatic rings. The summed E-state index contributed by atoms with van der Waals surface area (Å²) in [6.45, 7) is 4.93. The minimum Gasteiger partial charge on any atom is -0.491 e. The molecule has 0 aliphatic rings. The predicted molar refractivity (Wildman–Crippen MR) is 124 cm³/mol. The molecule has 0 radical (unpaired) electrons. The summed E-state index contributed by atoms with van der Waals surface area (Å²) >= 11 is 1.41. The maximum absolute atomic E-state index is 13.3. The summed E-state index contributed by atoms with van der Waals surface area (Å²) in [5.41, 5.74) is 0.547. The van der Waals surface area contributed by atoms with E-state index in [9.17, 15) is 14.0 Å². The van der Waals surface area contributed by atoms with Gasteiger partial charge in [-0.3, -0.25) is 14.2 Å². The van der Waals surface area contributed by atoms with Crippen molar-refractivity contribution in [3.05, 3.63) is 46.9 Å². The number of halogens is 1. The quantitative estimate of drug-likeness (QED) is 0.205.